The Balaban J connectivity index is 1.75. The van der Waals surface area contributed by atoms with Gasteiger partial charge in [0.2, 0.25) is 5.91 Å². The summed E-state index contributed by atoms with van der Waals surface area (Å²) in [4.78, 5) is 23.9. The summed E-state index contributed by atoms with van der Waals surface area (Å²) >= 11 is 11.0. The molecule has 2 aromatic rings. The molecule has 0 spiro atoms. The number of benzene rings is 2. The van der Waals surface area contributed by atoms with Gasteiger partial charge in [-0.05, 0) is 49.3 Å². The van der Waals surface area contributed by atoms with Crippen molar-refractivity contribution in [1.82, 2.24) is 16.2 Å². The fourth-order valence-corrected chi connectivity index (χ4v) is 2.54. The number of rotatable bonds is 4. The van der Waals surface area contributed by atoms with E-state index in [9.17, 15) is 9.59 Å². The Morgan fingerprint density at radius 3 is 2.56 bits per heavy atom. The first-order chi connectivity index (χ1) is 12.0. The Kier molecular flexibility index (Phi) is 6.91. The Hall–Kier alpha value is -2.44. The first-order valence-corrected chi connectivity index (χ1v) is 8.44. The van der Waals surface area contributed by atoms with Gasteiger partial charge in [0.1, 0.15) is 0 Å². The molecule has 25 heavy (non-hydrogen) atoms. The van der Waals surface area contributed by atoms with Crippen molar-refractivity contribution in [1.29, 1.82) is 0 Å². The number of aryl methyl sites for hydroxylation is 2. The van der Waals surface area contributed by atoms with E-state index >= 15 is 0 Å². The molecule has 0 heterocycles. The van der Waals surface area contributed by atoms with Gasteiger partial charge >= 0.3 is 0 Å². The molecule has 7 heteroatoms. The van der Waals surface area contributed by atoms with Crippen LogP contribution in [0.15, 0.2) is 48.5 Å². The van der Waals surface area contributed by atoms with Gasteiger partial charge in [0.05, 0.1) is 0 Å². The summed E-state index contributed by atoms with van der Waals surface area (Å²) in [6.07, 6.45) is 0.737. The van der Waals surface area contributed by atoms with E-state index in [1.807, 2.05) is 31.2 Å². The predicted octanol–water partition coefficient (Wildman–Crippen LogP) is 2.92. The van der Waals surface area contributed by atoms with Crippen LogP contribution in [-0.4, -0.2) is 16.9 Å². The standard InChI is InChI=1S/C18H18ClN3O2S/c1-12-5-4-7-14(11-12)17(24)21-22-18(25)20-16(23)10-9-13-6-2-3-8-15(13)19/h2-8,11H,9-10H2,1H3,(H,21,24)(H2,20,22,23,25). The lowest BCUT2D eigenvalue weighted by atomic mass is 10.1. The van der Waals surface area contributed by atoms with Crippen molar-refractivity contribution in [2.75, 3.05) is 0 Å². The zero-order chi connectivity index (χ0) is 18.2. The number of hydrazine groups is 1. The Morgan fingerprint density at radius 2 is 1.84 bits per heavy atom. The minimum atomic E-state index is -0.337. The molecule has 3 N–H and O–H groups in total. The van der Waals surface area contributed by atoms with Crippen molar-refractivity contribution < 1.29 is 9.59 Å². The maximum Gasteiger partial charge on any atom is 0.269 e. The molecule has 0 radical (unpaired) electrons. The monoisotopic (exact) mass is 375 g/mol. The third-order valence-corrected chi connectivity index (χ3v) is 3.97. The van der Waals surface area contributed by atoms with Gasteiger partial charge in [-0.25, -0.2) is 0 Å². The van der Waals surface area contributed by atoms with E-state index < -0.39 is 0 Å². The second kappa shape index (κ2) is 9.15. The van der Waals surface area contributed by atoms with Crippen LogP contribution in [0, 0.1) is 6.92 Å². The number of carbonyl (C=O) groups excluding carboxylic acids is 2. The van der Waals surface area contributed by atoms with E-state index in [0.717, 1.165) is 11.1 Å². The smallest absolute Gasteiger partial charge is 0.269 e. The van der Waals surface area contributed by atoms with E-state index in [4.69, 9.17) is 23.8 Å². The summed E-state index contributed by atoms with van der Waals surface area (Å²) in [6.45, 7) is 1.90. The van der Waals surface area contributed by atoms with Crippen LogP contribution in [0.2, 0.25) is 5.02 Å². The normalized spacial score (nSPS) is 10.0. The lowest BCUT2D eigenvalue weighted by Crippen LogP contribution is -2.48. The third kappa shape index (κ3) is 6.17. The van der Waals surface area contributed by atoms with E-state index in [0.29, 0.717) is 17.0 Å². The van der Waals surface area contributed by atoms with E-state index in [1.165, 1.54) is 0 Å². The van der Waals surface area contributed by atoms with Crippen molar-refractivity contribution in [3.8, 4) is 0 Å². The maximum atomic E-state index is 12.0. The largest absolute Gasteiger partial charge is 0.302 e. The quantitative estimate of drug-likeness (QED) is 0.567. The van der Waals surface area contributed by atoms with Gasteiger partial charge in [-0.2, -0.15) is 0 Å². The molecule has 5 nitrogen and oxygen atoms in total. The first kappa shape index (κ1) is 18.9. The molecule has 0 bridgehead atoms. The van der Waals surface area contributed by atoms with E-state index in [2.05, 4.69) is 16.2 Å². The number of nitrogens with one attached hydrogen (secondary N) is 3. The van der Waals surface area contributed by atoms with Gasteiger partial charge in [-0.15, -0.1) is 0 Å². The van der Waals surface area contributed by atoms with Gasteiger partial charge in [-0.3, -0.25) is 20.4 Å². The Labute approximate surface area is 156 Å². The van der Waals surface area contributed by atoms with Crippen LogP contribution in [0.3, 0.4) is 0 Å². The second-order valence-corrected chi connectivity index (χ2v) is 6.23. The zero-order valence-corrected chi connectivity index (χ0v) is 15.2. The summed E-state index contributed by atoms with van der Waals surface area (Å²) in [5.74, 6) is -0.599. The summed E-state index contributed by atoms with van der Waals surface area (Å²) in [5, 5.41) is 3.17. The van der Waals surface area contributed by atoms with Crippen LogP contribution in [0.1, 0.15) is 27.9 Å². The molecule has 2 aromatic carbocycles. The Bertz CT molecular complexity index is 795. The summed E-state index contributed by atoms with van der Waals surface area (Å²) in [6, 6.07) is 14.5. The van der Waals surface area contributed by atoms with Crippen LogP contribution in [0.5, 0.6) is 0 Å². The minimum absolute atomic E-state index is 0.0326. The highest BCUT2D eigenvalue weighted by atomic mass is 35.5. The zero-order valence-electron chi connectivity index (χ0n) is 13.6. The van der Waals surface area contributed by atoms with Gasteiger partial charge in [0.15, 0.2) is 5.11 Å². The summed E-state index contributed by atoms with van der Waals surface area (Å²) in [5.41, 5.74) is 7.33. The summed E-state index contributed by atoms with van der Waals surface area (Å²) in [7, 11) is 0. The first-order valence-electron chi connectivity index (χ1n) is 7.66. The van der Waals surface area contributed by atoms with Gasteiger partial charge < -0.3 is 5.32 Å². The summed E-state index contributed by atoms with van der Waals surface area (Å²) < 4.78 is 0. The minimum Gasteiger partial charge on any atom is -0.302 e. The van der Waals surface area contributed by atoms with E-state index in [-0.39, 0.29) is 23.3 Å². The number of hydrogen-bond donors (Lipinski definition) is 3. The van der Waals surface area contributed by atoms with Crippen molar-refractivity contribution in [3.63, 3.8) is 0 Å². The molecule has 2 rings (SSSR count). The number of amides is 2. The van der Waals surface area contributed by atoms with Crippen LogP contribution in [0.4, 0.5) is 0 Å². The topological polar surface area (TPSA) is 70.2 Å². The molecule has 130 valence electrons. The molecular formula is C18H18ClN3O2S. The molecule has 0 unspecified atom stereocenters. The molecule has 2 amide bonds. The van der Waals surface area contributed by atoms with Crippen LogP contribution < -0.4 is 16.2 Å². The molecular weight excluding hydrogens is 358 g/mol. The molecule has 0 fully saturated rings. The number of hydrogen-bond acceptors (Lipinski definition) is 3. The number of thiocarbonyl (C=S) groups is 1. The SMILES string of the molecule is Cc1cccc(C(=O)NNC(=S)NC(=O)CCc2ccccc2Cl)c1. The highest BCUT2D eigenvalue weighted by molar-refractivity contribution is 7.80. The van der Waals surface area contributed by atoms with Crippen LogP contribution in [-0.2, 0) is 11.2 Å². The fourth-order valence-electron chi connectivity index (χ4n) is 2.14. The number of carbonyl (C=O) groups is 2. The highest BCUT2D eigenvalue weighted by Gasteiger charge is 2.09. The van der Waals surface area contributed by atoms with Crippen molar-refractivity contribution in [3.05, 3.63) is 70.2 Å². The average Bonchev–Trinajstić information content (AvgIpc) is 2.59. The molecule has 0 aliphatic heterocycles. The van der Waals surface area contributed by atoms with Gasteiger partial charge in [-0.1, -0.05) is 47.5 Å². The van der Waals surface area contributed by atoms with E-state index in [1.54, 1.807) is 24.3 Å². The van der Waals surface area contributed by atoms with Crippen molar-refractivity contribution in [2.24, 2.45) is 0 Å². The Morgan fingerprint density at radius 1 is 1.08 bits per heavy atom. The number of halogens is 1. The molecule has 0 aliphatic rings. The second-order valence-electron chi connectivity index (χ2n) is 5.42. The van der Waals surface area contributed by atoms with Gasteiger partial charge in [0, 0.05) is 17.0 Å². The molecule has 0 saturated heterocycles. The van der Waals surface area contributed by atoms with Crippen molar-refractivity contribution in [2.45, 2.75) is 19.8 Å². The average molecular weight is 376 g/mol. The third-order valence-electron chi connectivity index (χ3n) is 3.40. The molecule has 0 aromatic heterocycles. The van der Waals surface area contributed by atoms with Crippen LogP contribution >= 0.6 is 23.8 Å². The van der Waals surface area contributed by atoms with Crippen molar-refractivity contribution >= 4 is 40.7 Å². The maximum absolute atomic E-state index is 12.0. The predicted molar refractivity (Wildman–Crippen MR) is 102 cm³/mol. The lowest BCUT2D eigenvalue weighted by molar-refractivity contribution is -0.119. The molecule has 0 saturated carbocycles. The fraction of sp³-hybridized carbons (Fsp3) is 0.167. The molecule has 0 aliphatic carbocycles. The lowest BCUT2D eigenvalue weighted by Gasteiger charge is -2.11. The highest BCUT2D eigenvalue weighted by Crippen LogP contribution is 2.16. The van der Waals surface area contributed by atoms with Crippen LogP contribution in [0.25, 0.3) is 0 Å². The molecule has 0 atom stereocenters. The van der Waals surface area contributed by atoms with Gasteiger partial charge in [0.25, 0.3) is 5.91 Å².